The van der Waals surface area contributed by atoms with E-state index in [1.54, 1.807) is 0 Å². The van der Waals surface area contributed by atoms with Gasteiger partial charge in [0.1, 0.15) is 5.60 Å². The Morgan fingerprint density at radius 1 is 0.939 bits per heavy atom. The number of hydrogen-bond acceptors (Lipinski definition) is 3. The molecule has 1 aliphatic heterocycles. The minimum absolute atomic E-state index is 0.0146. The van der Waals surface area contributed by atoms with Crippen LogP contribution in [-0.4, -0.2) is 22.8 Å². The smallest absolute Gasteiger partial charge is 0.309 e. The maximum Gasteiger partial charge on any atom is 0.309 e. The van der Waals surface area contributed by atoms with Crippen molar-refractivity contribution in [3.05, 3.63) is 0 Å². The average Bonchev–Trinajstić information content (AvgIpc) is 3.16. The van der Waals surface area contributed by atoms with E-state index in [0.717, 1.165) is 37.5 Å². The number of cyclic esters (lactones) is 1. The number of ether oxygens (including phenoxy) is 1. The van der Waals surface area contributed by atoms with E-state index in [1.165, 1.54) is 38.5 Å². The van der Waals surface area contributed by atoms with Crippen LogP contribution in [0.2, 0.25) is 0 Å². The van der Waals surface area contributed by atoms with Crippen LogP contribution < -0.4 is 0 Å². The fourth-order valence-electron chi connectivity index (χ4n) is 10.8. The fraction of sp³-hybridized carbons (Fsp3) is 0.967. The zero-order valence-corrected chi connectivity index (χ0v) is 22.5. The number of fused-ring (bicyclic) bond motifs is 7. The van der Waals surface area contributed by atoms with E-state index in [9.17, 15) is 9.90 Å². The number of aliphatic hydroxyl groups is 1. The summed E-state index contributed by atoms with van der Waals surface area (Å²) in [5.41, 5.74) is 0.355. The third-order valence-corrected chi connectivity index (χ3v) is 12.4. The van der Waals surface area contributed by atoms with Gasteiger partial charge in [-0.2, -0.15) is 0 Å². The van der Waals surface area contributed by atoms with Crippen LogP contribution in [0.25, 0.3) is 0 Å². The highest BCUT2D eigenvalue weighted by molar-refractivity contribution is 5.77. The Labute approximate surface area is 202 Å². The normalized spacial score (nSPS) is 52.6. The third-order valence-electron chi connectivity index (χ3n) is 12.4. The molecule has 5 aliphatic rings. The van der Waals surface area contributed by atoms with Gasteiger partial charge in [0.2, 0.25) is 0 Å². The largest absolute Gasteiger partial charge is 0.459 e. The van der Waals surface area contributed by atoms with E-state index >= 15 is 0 Å². The van der Waals surface area contributed by atoms with Crippen molar-refractivity contribution in [1.82, 2.24) is 0 Å². The lowest BCUT2D eigenvalue weighted by Gasteiger charge is -2.65. The number of hydrogen-bond donors (Lipinski definition) is 1. The summed E-state index contributed by atoms with van der Waals surface area (Å²) in [4.78, 5) is 13.2. The molecule has 5 fully saturated rings. The van der Waals surface area contributed by atoms with Crippen molar-refractivity contribution in [1.29, 1.82) is 0 Å². The van der Waals surface area contributed by atoms with Crippen LogP contribution in [-0.2, 0) is 9.53 Å². The monoisotopic (exact) mass is 458 g/mol. The molecule has 1 heterocycles. The van der Waals surface area contributed by atoms with E-state index in [4.69, 9.17) is 4.74 Å². The molecule has 4 saturated carbocycles. The van der Waals surface area contributed by atoms with Gasteiger partial charge < -0.3 is 9.84 Å². The molecule has 10 atom stereocenters. The number of carbonyl (C=O) groups is 1. The molecule has 0 amide bonds. The molecule has 0 bridgehead atoms. The third kappa shape index (κ3) is 3.33. The minimum Gasteiger partial charge on any atom is -0.459 e. The predicted octanol–water partition coefficient (Wildman–Crippen LogP) is 7.01. The first kappa shape index (κ1) is 24.1. The van der Waals surface area contributed by atoms with Crippen LogP contribution in [0.3, 0.4) is 0 Å². The number of carbonyl (C=O) groups excluding carboxylic acids is 1. The maximum atomic E-state index is 13.2. The zero-order chi connectivity index (χ0) is 24.0. The van der Waals surface area contributed by atoms with Crippen molar-refractivity contribution >= 4 is 5.97 Å². The topological polar surface area (TPSA) is 46.5 Å². The van der Waals surface area contributed by atoms with Gasteiger partial charge in [-0.3, -0.25) is 4.79 Å². The molecule has 188 valence electrons. The van der Waals surface area contributed by atoms with Gasteiger partial charge in [-0.05, 0) is 111 Å². The summed E-state index contributed by atoms with van der Waals surface area (Å²) >= 11 is 0. The summed E-state index contributed by atoms with van der Waals surface area (Å²) in [6, 6.07) is 0. The SMILES string of the molecule is CC(C)CCCC1(C)OC(=O)C2CC3(C)C(CC[C@H]4[C@H]3CCC3C(C)(C)[C@@H](O)CC[C@@]34C)C21. The summed E-state index contributed by atoms with van der Waals surface area (Å²) < 4.78 is 6.21. The van der Waals surface area contributed by atoms with Crippen molar-refractivity contribution in [2.45, 2.75) is 124 Å². The van der Waals surface area contributed by atoms with E-state index in [0.29, 0.717) is 29.1 Å². The van der Waals surface area contributed by atoms with E-state index < -0.39 is 0 Å². The Balaban J connectivity index is 1.42. The molecule has 5 rings (SSSR count). The Morgan fingerprint density at radius 3 is 2.27 bits per heavy atom. The van der Waals surface area contributed by atoms with Gasteiger partial charge in [-0.1, -0.05) is 48.0 Å². The van der Waals surface area contributed by atoms with Crippen molar-refractivity contribution in [2.75, 3.05) is 0 Å². The van der Waals surface area contributed by atoms with E-state index in [2.05, 4.69) is 48.5 Å². The summed E-state index contributed by atoms with van der Waals surface area (Å²) in [6.45, 7) is 16.7. The second-order valence-corrected chi connectivity index (χ2v) is 14.8. The van der Waals surface area contributed by atoms with Gasteiger partial charge in [0.25, 0.3) is 0 Å². The van der Waals surface area contributed by atoms with Gasteiger partial charge in [0, 0.05) is 5.92 Å². The van der Waals surface area contributed by atoms with Crippen LogP contribution in [0.4, 0.5) is 0 Å². The molecule has 3 heteroatoms. The van der Waals surface area contributed by atoms with Crippen LogP contribution in [0.5, 0.6) is 0 Å². The molecule has 0 aromatic carbocycles. The van der Waals surface area contributed by atoms with Crippen molar-refractivity contribution < 1.29 is 14.6 Å². The lowest BCUT2D eigenvalue weighted by Crippen LogP contribution is -2.60. The molecule has 6 unspecified atom stereocenters. The molecule has 0 aromatic rings. The second-order valence-electron chi connectivity index (χ2n) is 14.8. The molecule has 1 saturated heterocycles. The van der Waals surface area contributed by atoms with Crippen molar-refractivity contribution in [3.8, 4) is 0 Å². The number of rotatable bonds is 4. The fourth-order valence-corrected chi connectivity index (χ4v) is 10.8. The molecule has 3 nitrogen and oxygen atoms in total. The first-order valence-electron chi connectivity index (χ1n) is 14.3. The first-order valence-corrected chi connectivity index (χ1v) is 14.3. The Kier molecular flexibility index (Phi) is 5.64. The predicted molar refractivity (Wildman–Crippen MR) is 132 cm³/mol. The summed E-state index contributed by atoms with van der Waals surface area (Å²) in [6.07, 6.45) is 11.5. The van der Waals surface area contributed by atoms with E-state index in [-0.39, 0.29) is 34.4 Å². The molecular formula is C30H50O3. The highest BCUT2D eigenvalue weighted by Crippen LogP contribution is 2.73. The van der Waals surface area contributed by atoms with Gasteiger partial charge in [-0.25, -0.2) is 0 Å². The van der Waals surface area contributed by atoms with Gasteiger partial charge in [-0.15, -0.1) is 0 Å². The second kappa shape index (κ2) is 7.71. The molecule has 0 radical (unpaired) electrons. The highest BCUT2D eigenvalue weighted by atomic mass is 16.6. The lowest BCUT2D eigenvalue weighted by molar-refractivity contribution is -0.190. The Hall–Kier alpha value is -0.570. The molecule has 1 N–H and O–H groups in total. The molecule has 33 heavy (non-hydrogen) atoms. The molecule has 4 aliphatic carbocycles. The minimum atomic E-state index is -0.260. The maximum absolute atomic E-state index is 13.2. The van der Waals surface area contributed by atoms with Gasteiger partial charge in [0.05, 0.1) is 12.0 Å². The number of aliphatic hydroxyl groups excluding tert-OH is 1. The zero-order valence-electron chi connectivity index (χ0n) is 22.5. The van der Waals surface area contributed by atoms with Crippen molar-refractivity contribution in [2.24, 2.45) is 57.7 Å². The average molecular weight is 459 g/mol. The molecule has 0 aromatic heterocycles. The number of esters is 1. The molecule has 0 spiro atoms. The Bertz CT molecular complexity index is 787. The standard InChI is InChI=1S/C30H50O3/c1-18(2)9-8-15-30(7)25-19(26(32)33-30)17-29(6)21-12-13-23-27(3,4)24(31)14-16-28(23,5)20(21)10-11-22(25)29/h18-25,31H,8-17H2,1-7H3/t19?,20-,21+,22?,23?,24-,25?,28+,29?,30?/m0/s1. The first-order chi connectivity index (χ1) is 15.3. The lowest BCUT2D eigenvalue weighted by atomic mass is 9.40. The van der Waals surface area contributed by atoms with Crippen LogP contribution in [0, 0.1) is 57.7 Å². The van der Waals surface area contributed by atoms with Crippen molar-refractivity contribution in [3.63, 3.8) is 0 Å². The Morgan fingerprint density at radius 2 is 1.58 bits per heavy atom. The van der Waals surface area contributed by atoms with E-state index in [1.807, 2.05) is 0 Å². The van der Waals surface area contributed by atoms with Gasteiger partial charge in [0.15, 0.2) is 0 Å². The highest BCUT2D eigenvalue weighted by Gasteiger charge is 2.70. The van der Waals surface area contributed by atoms with Crippen LogP contribution in [0.15, 0.2) is 0 Å². The summed E-state index contributed by atoms with van der Waals surface area (Å²) in [5.74, 6) is 4.06. The summed E-state index contributed by atoms with van der Waals surface area (Å²) in [5, 5.41) is 10.8. The van der Waals surface area contributed by atoms with Gasteiger partial charge >= 0.3 is 5.97 Å². The van der Waals surface area contributed by atoms with Crippen LogP contribution >= 0.6 is 0 Å². The summed E-state index contributed by atoms with van der Waals surface area (Å²) in [7, 11) is 0. The molecular weight excluding hydrogens is 408 g/mol. The van der Waals surface area contributed by atoms with Crippen LogP contribution in [0.1, 0.15) is 113 Å². The quantitative estimate of drug-likeness (QED) is 0.461.